The van der Waals surface area contributed by atoms with E-state index in [0.717, 1.165) is 33.6 Å². The smallest absolute Gasteiger partial charge is 0.229 e. The summed E-state index contributed by atoms with van der Waals surface area (Å²) >= 11 is 0. The summed E-state index contributed by atoms with van der Waals surface area (Å²) in [6.07, 6.45) is 0.749. The van der Waals surface area contributed by atoms with Gasteiger partial charge in [0.2, 0.25) is 11.8 Å². The van der Waals surface area contributed by atoms with Crippen LogP contribution < -0.4 is 19.7 Å². The molecule has 3 aromatic rings. The first-order chi connectivity index (χ1) is 16.8. The van der Waals surface area contributed by atoms with Crippen molar-refractivity contribution in [2.75, 3.05) is 24.4 Å². The number of carbonyl (C=O) groups excluding carboxylic acids is 2. The second kappa shape index (κ2) is 10.2. The van der Waals surface area contributed by atoms with Crippen molar-refractivity contribution in [3.8, 4) is 11.5 Å². The Labute approximate surface area is 206 Å². The lowest BCUT2D eigenvalue weighted by Gasteiger charge is -2.41. The second-order valence-electron chi connectivity index (χ2n) is 9.17. The van der Waals surface area contributed by atoms with Crippen molar-refractivity contribution in [3.63, 3.8) is 0 Å². The van der Waals surface area contributed by atoms with E-state index in [2.05, 4.69) is 11.4 Å². The quantitative estimate of drug-likeness (QED) is 0.496. The molecule has 0 spiro atoms. The molecular weight excluding hydrogens is 440 g/mol. The molecule has 0 bridgehead atoms. The molecule has 6 heteroatoms. The fourth-order valence-electron chi connectivity index (χ4n) is 4.88. The molecule has 182 valence electrons. The second-order valence-corrected chi connectivity index (χ2v) is 9.17. The first kappa shape index (κ1) is 24.3. The summed E-state index contributed by atoms with van der Waals surface area (Å²) in [5.74, 6) is 0.577. The van der Waals surface area contributed by atoms with Gasteiger partial charge >= 0.3 is 0 Å². The predicted molar refractivity (Wildman–Crippen MR) is 138 cm³/mol. The standard InChI is InChI=1S/C29H32N2O4/c1-18-6-9-23(10-7-18)31-27(32)13-11-24(29(33)30-22-15-19(2)14-20(3)16-22)28(31)21-8-12-25(34-4)26(17-21)35-5/h6-10,12,14-17,24,28H,11,13H2,1-5H3,(H,30,33). The third-order valence-corrected chi connectivity index (χ3v) is 6.48. The van der Waals surface area contributed by atoms with Crippen molar-refractivity contribution in [3.05, 3.63) is 82.9 Å². The highest BCUT2D eigenvalue weighted by Gasteiger charge is 2.41. The molecule has 1 saturated heterocycles. The van der Waals surface area contributed by atoms with Gasteiger partial charge < -0.3 is 19.7 Å². The van der Waals surface area contributed by atoms with Gasteiger partial charge in [-0.25, -0.2) is 0 Å². The number of hydrogen-bond donors (Lipinski definition) is 1. The van der Waals surface area contributed by atoms with Crippen LogP contribution in [0.5, 0.6) is 11.5 Å². The molecule has 1 N–H and O–H groups in total. The Morgan fingerprint density at radius 1 is 0.857 bits per heavy atom. The number of aryl methyl sites for hydroxylation is 3. The Balaban J connectivity index is 1.78. The van der Waals surface area contributed by atoms with Crippen LogP contribution in [0.2, 0.25) is 0 Å². The van der Waals surface area contributed by atoms with E-state index < -0.39 is 12.0 Å². The zero-order valence-corrected chi connectivity index (χ0v) is 20.9. The number of benzene rings is 3. The van der Waals surface area contributed by atoms with Crippen molar-refractivity contribution in [2.24, 2.45) is 5.92 Å². The van der Waals surface area contributed by atoms with E-state index in [4.69, 9.17) is 9.47 Å². The van der Waals surface area contributed by atoms with Crippen molar-refractivity contribution >= 4 is 23.2 Å². The molecule has 1 fully saturated rings. The van der Waals surface area contributed by atoms with Crippen molar-refractivity contribution in [1.82, 2.24) is 0 Å². The number of nitrogens with one attached hydrogen (secondary N) is 1. The summed E-state index contributed by atoms with van der Waals surface area (Å²) in [6, 6.07) is 18.9. The van der Waals surface area contributed by atoms with Gasteiger partial charge in [0, 0.05) is 17.8 Å². The van der Waals surface area contributed by atoms with Crippen molar-refractivity contribution in [2.45, 2.75) is 39.7 Å². The van der Waals surface area contributed by atoms with E-state index in [1.807, 2.05) is 75.4 Å². The average molecular weight is 473 g/mol. The molecule has 6 nitrogen and oxygen atoms in total. The molecule has 0 aromatic heterocycles. The lowest BCUT2D eigenvalue weighted by Crippen LogP contribution is -2.47. The van der Waals surface area contributed by atoms with E-state index in [1.165, 1.54) is 0 Å². The van der Waals surface area contributed by atoms with Crippen molar-refractivity contribution < 1.29 is 19.1 Å². The van der Waals surface area contributed by atoms with Gasteiger partial charge in [0.1, 0.15) is 0 Å². The highest BCUT2D eigenvalue weighted by Crippen LogP contribution is 2.43. The van der Waals surface area contributed by atoms with Crippen LogP contribution in [0.1, 0.15) is 41.1 Å². The van der Waals surface area contributed by atoms with Gasteiger partial charge in [-0.2, -0.15) is 0 Å². The number of piperidine rings is 1. The van der Waals surface area contributed by atoms with Crippen LogP contribution in [0.25, 0.3) is 0 Å². The van der Waals surface area contributed by atoms with Gasteiger partial charge in [0.05, 0.1) is 26.2 Å². The molecule has 4 rings (SSSR count). The maximum absolute atomic E-state index is 13.7. The molecule has 1 aliphatic rings. The Morgan fingerprint density at radius 2 is 1.51 bits per heavy atom. The van der Waals surface area contributed by atoms with Crippen molar-refractivity contribution in [1.29, 1.82) is 0 Å². The molecular formula is C29H32N2O4. The number of methoxy groups -OCH3 is 2. The minimum Gasteiger partial charge on any atom is -0.493 e. The first-order valence-electron chi connectivity index (χ1n) is 11.8. The Morgan fingerprint density at radius 3 is 2.14 bits per heavy atom. The minimum absolute atomic E-state index is 0.0101. The van der Waals surface area contributed by atoms with E-state index >= 15 is 0 Å². The van der Waals surface area contributed by atoms with E-state index in [9.17, 15) is 9.59 Å². The largest absolute Gasteiger partial charge is 0.493 e. The van der Waals surface area contributed by atoms with Crippen LogP contribution in [-0.4, -0.2) is 26.0 Å². The lowest BCUT2D eigenvalue weighted by molar-refractivity contribution is -0.125. The number of hydrogen-bond acceptors (Lipinski definition) is 4. The number of nitrogens with zero attached hydrogens (tertiary/aromatic N) is 1. The van der Waals surface area contributed by atoms with Gasteiger partial charge in [-0.15, -0.1) is 0 Å². The maximum Gasteiger partial charge on any atom is 0.229 e. The molecule has 2 unspecified atom stereocenters. The fraction of sp³-hybridized carbons (Fsp3) is 0.310. The predicted octanol–water partition coefficient (Wildman–Crippen LogP) is 5.75. The average Bonchev–Trinajstić information content (AvgIpc) is 2.83. The van der Waals surface area contributed by atoms with Gasteiger partial charge in [0.25, 0.3) is 0 Å². The molecule has 0 saturated carbocycles. The lowest BCUT2D eigenvalue weighted by atomic mass is 9.83. The van der Waals surface area contributed by atoms with Crippen LogP contribution in [0, 0.1) is 26.7 Å². The summed E-state index contributed by atoms with van der Waals surface area (Å²) in [6.45, 7) is 6.02. The van der Waals surface area contributed by atoms with Gasteiger partial charge in [-0.3, -0.25) is 9.59 Å². The molecule has 1 aliphatic heterocycles. The van der Waals surface area contributed by atoms with Gasteiger partial charge in [-0.1, -0.05) is 29.8 Å². The molecule has 0 aliphatic carbocycles. The first-order valence-corrected chi connectivity index (χ1v) is 11.8. The zero-order chi connectivity index (χ0) is 25.1. The molecule has 0 radical (unpaired) electrons. The van der Waals surface area contributed by atoms with E-state index in [1.54, 1.807) is 19.1 Å². The number of amides is 2. The van der Waals surface area contributed by atoms with Gasteiger partial charge in [0.15, 0.2) is 11.5 Å². The van der Waals surface area contributed by atoms with E-state index in [-0.39, 0.29) is 11.8 Å². The topological polar surface area (TPSA) is 67.9 Å². The van der Waals surface area contributed by atoms with Crippen LogP contribution in [0.4, 0.5) is 11.4 Å². The maximum atomic E-state index is 13.7. The third-order valence-electron chi connectivity index (χ3n) is 6.48. The highest BCUT2D eigenvalue weighted by atomic mass is 16.5. The molecule has 35 heavy (non-hydrogen) atoms. The third kappa shape index (κ3) is 5.16. The number of rotatable bonds is 6. The summed E-state index contributed by atoms with van der Waals surface area (Å²) in [5, 5.41) is 3.11. The fourth-order valence-corrected chi connectivity index (χ4v) is 4.88. The normalized spacial score (nSPS) is 17.7. The number of carbonyl (C=O) groups is 2. The summed E-state index contributed by atoms with van der Waals surface area (Å²) in [4.78, 5) is 28.7. The Kier molecular flexibility index (Phi) is 7.10. The van der Waals surface area contributed by atoms with Gasteiger partial charge in [-0.05, 0) is 80.3 Å². The number of ether oxygens (including phenoxy) is 2. The molecule has 1 heterocycles. The van der Waals surface area contributed by atoms with Crippen LogP contribution in [0.15, 0.2) is 60.7 Å². The zero-order valence-electron chi connectivity index (χ0n) is 20.9. The van der Waals surface area contributed by atoms with Crippen LogP contribution >= 0.6 is 0 Å². The SMILES string of the molecule is COc1ccc(C2C(C(=O)Nc3cc(C)cc(C)c3)CCC(=O)N2c2ccc(C)cc2)cc1OC. The minimum atomic E-state index is -0.496. The highest BCUT2D eigenvalue weighted by molar-refractivity contribution is 6.00. The molecule has 3 aromatic carbocycles. The summed E-state index contributed by atoms with van der Waals surface area (Å²) in [5.41, 5.74) is 5.61. The molecule has 2 atom stereocenters. The summed E-state index contributed by atoms with van der Waals surface area (Å²) < 4.78 is 11.0. The monoisotopic (exact) mass is 472 g/mol. The van der Waals surface area contributed by atoms with Crippen LogP contribution in [-0.2, 0) is 9.59 Å². The van der Waals surface area contributed by atoms with Crippen LogP contribution in [0.3, 0.4) is 0 Å². The Bertz CT molecular complexity index is 1220. The Hall–Kier alpha value is -3.80. The molecule has 2 amide bonds. The summed E-state index contributed by atoms with van der Waals surface area (Å²) in [7, 11) is 3.16. The number of anilines is 2. The van der Waals surface area contributed by atoms with E-state index in [0.29, 0.717) is 24.3 Å².